The van der Waals surface area contributed by atoms with E-state index in [4.69, 9.17) is 5.84 Å². The summed E-state index contributed by atoms with van der Waals surface area (Å²) >= 11 is 3.32. The third-order valence-corrected chi connectivity index (χ3v) is 1.78. The molecule has 1 aliphatic rings. The van der Waals surface area contributed by atoms with Crippen LogP contribution in [0.2, 0.25) is 0 Å². The van der Waals surface area contributed by atoms with Gasteiger partial charge in [0.05, 0.1) is 0 Å². The van der Waals surface area contributed by atoms with Crippen LogP contribution in [0.3, 0.4) is 0 Å². The van der Waals surface area contributed by atoms with E-state index in [9.17, 15) is 0 Å². The minimum absolute atomic E-state index is 0.0231. The molecule has 1 rings (SSSR count). The van der Waals surface area contributed by atoms with E-state index in [0.717, 1.165) is 4.48 Å². The summed E-state index contributed by atoms with van der Waals surface area (Å²) < 4.78 is 1.01. The molecule has 0 aromatic rings. The Morgan fingerprint density at radius 2 is 2.56 bits per heavy atom. The summed E-state index contributed by atoms with van der Waals surface area (Å²) in [4.78, 5) is 0. The third-order valence-electron chi connectivity index (χ3n) is 1.06. The van der Waals surface area contributed by atoms with Gasteiger partial charge in [-0.3, -0.25) is 5.84 Å². The van der Waals surface area contributed by atoms with Crippen LogP contribution >= 0.6 is 15.9 Å². The van der Waals surface area contributed by atoms with E-state index in [1.54, 1.807) is 0 Å². The molecule has 0 saturated heterocycles. The van der Waals surface area contributed by atoms with Crippen LogP contribution in [0, 0.1) is 0 Å². The minimum atomic E-state index is 0.0231. The Balaban J connectivity index is 2.59. The molecular weight excluding hydrogens is 182 g/mol. The lowest BCUT2D eigenvalue weighted by atomic mass is 10.3. The summed E-state index contributed by atoms with van der Waals surface area (Å²) in [5.41, 5.74) is 2.58. The fraction of sp³-hybridized carbons (Fsp3) is 0.200. The average molecular weight is 190 g/mol. The zero-order valence-electron chi connectivity index (χ0n) is 4.76. The summed E-state index contributed by atoms with van der Waals surface area (Å²) in [6.07, 6.45) is 5.68. The lowest BCUT2D eigenvalue weighted by Gasteiger charge is -2.17. The smallest absolute Gasteiger partial charge is 0.122 e. The first kappa shape index (κ1) is 6.80. The molecule has 0 bridgehead atoms. The largest absolute Gasteiger partial charge is 0.371 e. The Bertz CT molecular complexity index is 152. The van der Waals surface area contributed by atoms with Crippen molar-refractivity contribution in [3.8, 4) is 0 Å². The summed E-state index contributed by atoms with van der Waals surface area (Å²) in [5.74, 6) is 5.18. The Morgan fingerprint density at radius 1 is 1.78 bits per heavy atom. The Kier molecular flexibility index (Phi) is 2.27. The zero-order chi connectivity index (χ0) is 6.69. The second-order valence-corrected chi connectivity index (χ2v) is 2.59. The second-order valence-electron chi connectivity index (χ2n) is 1.68. The van der Waals surface area contributed by atoms with Crippen molar-refractivity contribution in [3.05, 3.63) is 22.8 Å². The molecule has 1 heterocycles. The van der Waals surface area contributed by atoms with Crippen LogP contribution in [0.5, 0.6) is 0 Å². The Hall–Kier alpha value is -0.320. The van der Waals surface area contributed by atoms with Gasteiger partial charge in [0.2, 0.25) is 0 Å². The van der Waals surface area contributed by atoms with Crippen LogP contribution in [0.4, 0.5) is 0 Å². The van der Waals surface area contributed by atoms with Gasteiger partial charge >= 0.3 is 0 Å². The highest BCUT2D eigenvalue weighted by Crippen LogP contribution is 2.10. The Labute approximate surface area is 62.1 Å². The molecule has 0 fully saturated rings. The molecule has 0 aromatic heterocycles. The van der Waals surface area contributed by atoms with Crippen molar-refractivity contribution in [1.82, 2.24) is 10.7 Å². The number of hydrogen-bond acceptors (Lipinski definition) is 3. The molecule has 3 nitrogen and oxygen atoms in total. The first-order chi connectivity index (χ1) is 4.34. The van der Waals surface area contributed by atoms with Gasteiger partial charge in [0.15, 0.2) is 0 Å². The topological polar surface area (TPSA) is 50.1 Å². The quantitative estimate of drug-likeness (QED) is 0.408. The van der Waals surface area contributed by atoms with Gasteiger partial charge in [-0.2, -0.15) is 0 Å². The van der Waals surface area contributed by atoms with E-state index in [2.05, 4.69) is 26.7 Å². The number of dihydropyridines is 1. The molecule has 1 atom stereocenters. The second kappa shape index (κ2) is 3.00. The van der Waals surface area contributed by atoms with Gasteiger partial charge in [0.1, 0.15) is 6.17 Å². The Morgan fingerprint density at radius 3 is 3.00 bits per heavy atom. The SMILES string of the molecule is NNC1NC=CC=C1Br. The molecule has 0 saturated carbocycles. The number of allylic oxidation sites excluding steroid dienone is 2. The van der Waals surface area contributed by atoms with E-state index in [1.165, 1.54) is 0 Å². The molecule has 4 heteroatoms. The molecule has 0 amide bonds. The van der Waals surface area contributed by atoms with Crippen molar-refractivity contribution in [1.29, 1.82) is 0 Å². The van der Waals surface area contributed by atoms with Gasteiger partial charge < -0.3 is 5.32 Å². The molecule has 1 unspecified atom stereocenters. The molecule has 50 valence electrons. The van der Waals surface area contributed by atoms with Crippen LogP contribution in [-0.4, -0.2) is 6.17 Å². The predicted molar refractivity (Wildman–Crippen MR) is 40.4 cm³/mol. The molecule has 0 radical (unpaired) electrons. The maximum atomic E-state index is 5.18. The van der Waals surface area contributed by atoms with Gasteiger partial charge in [-0.15, -0.1) is 0 Å². The number of nitrogens with one attached hydrogen (secondary N) is 2. The molecule has 1 aliphatic heterocycles. The number of nitrogens with two attached hydrogens (primary N) is 1. The van der Waals surface area contributed by atoms with Crippen LogP contribution in [0.25, 0.3) is 0 Å². The van der Waals surface area contributed by atoms with Crippen LogP contribution in [-0.2, 0) is 0 Å². The maximum Gasteiger partial charge on any atom is 0.122 e. The first-order valence-electron chi connectivity index (χ1n) is 2.59. The van der Waals surface area contributed by atoms with Gasteiger partial charge in [-0.05, 0) is 18.4 Å². The third kappa shape index (κ3) is 1.54. The summed E-state index contributed by atoms with van der Waals surface area (Å²) in [6, 6.07) is 0. The average Bonchev–Trinajstić information content (AvgIpc) is 1.89. The summed E-state index contributed by atoms with van der Waals surface area (Å²) in [6.45, 7) is 0. The molecule has 0 spiro atoms. The van der Waals surface area contributed by atoms with Crippen molar-refractivity contribution in [2.75, 3.05) is 0 Å². The fourth-order valence-electron chi connectivity index (χ4n) is 0.595. The standard InChI is InChI=1S/C5H8BrN3/c6-4-2-1-3-8-5(4)9-7/h1-3,5,8-9H,7H2. The number of hydrogen-bond donors (Lipinski definition) is 3. The van der Waals surface area contributed by atoms with Crippen molar-refractivity contribution < 1.29 is 0 Å². The number of halogens is 1. The van der Waals surface area contributed by atoms with Gasteiger partial charge in [-0.1, -0.05) is 15.9 Å². The predicted octanol–water partition coefficient (Wildman–Crippen LogP) is 0.172. The zero-order valence-corrected chi connectivity index (χ0v) is 6.35. The summed E-state index contributed by atoms with van der Waals surface area (Å²) in [5, 5.41) is 2.99. The molecule has 9 heavy (non-hydrogen) atoms. The fourth-order valence-corrected chi connectivity index (χ4v) is 1.01. The van der Waals surface area contributed by atoms with E-state index < -0.39 is 0 Å². The normalized spacial score (nSPS) is 25.1. The monoisotopic (exact) mass is 189 g/mol. The first-order valence-corrected chi connectivity index (χ1v) is 3.38. The minimum Gasteiger partial charge on any atom is -0.371 e. The highest BCUT2D eigenvalue weighted by Gasteiger charge is 2.07. The lowest BCUT2D eigenvalue weighted by Crippen LogP contribution is -2.44. The van der Waals surface area contributed by atoms with Crippen molar-refractivity contribution >= 4 is 15.9 Å². The highest BCUT2D eigenvalue weighted by atomic mass is 79.9. The molecular formula is C5H8BrN3. The summed E-state index contributed by atoms with van der Waals surface area (Å²) in [7, 11) is 0. The van der Waals surface area contributed by atoms with E-state index in [-0.39, 0.29) is 6.17 Å². The van der Waals surface area contributed by atoms with Crippen molar-refractivity contribution in [2.24, 2.45) is 5.84 Å². The van der Waals surface area contributed by atoms with Crippen molar-refractivity contribution in [3.63, 3.8) is 0 Å². The van der Waals surface area contributed by atoms with Gasteiger partial charge in [-0.25, -0.2) is 5.43 Å². The van der Waals surface area contributed by atoms with Crippen molar-refractivity contribution in [2.45, 2.75) is 6.17 Å². The van der Waals surface area contributed by atoms with Crippen LogP contribution in [0.15, 0.2) is 22.8 Å². The molecule has 0 aliphatic carbocycles. The van der Waals surface area contributed by atoms with E-state index in [1.807, 2.05) is 18.4 Å². The van der Waals surface area contributed by atoms with E-state index >= 15 is 0 Å². The lowest BCUT2D eigenvalue weighted by molar-refractivity contribution is 0.562. The van der Waals surface area contributed by atoms with Gasteiger partial charge in [0, 0.05) is 4.48 Å². The van der Waals surface area contributed by atoms with E-state index in [0.29, 0.717) is 0 Å². The molecule has 0 aromatic carbocycles. The number of rotatable bonds is 1. The van der Waals surface area contributed by atoms with Crippen LogP contribution < -0.4 is 16.6 Å². The molecule has 4 N–H and O–H groups in total. The van der Waals surface area contributed by atoms with Crippen LogP contribution in [0.1, 0.15) is 0 Å². The number of hydrazine groups is 1. The maximum absolute atomic E-state index is 5.18. The van der Waals surface area contributed by atoms with Gasteiger partial charge in [0.25, 0.3) is 0 Å². The highest BCUT2D eigenvalue weighted by molar-refractivity contribution is 9.11.